The fourth-order valence-corrected chi connectivity index (χ4v) is 1.84. The Balaban J connectivity index is 2.36. The quantitative estimate of drug-likeness (QED) is 0.924. The summed E-state index contributed by atoms with van der Waals surface area (Å²) in [6.45, 7) is 0. The molecule has 88 valence electrons. The number of hydrogen-bond acceptors (Lipinski definition) is 2. The SMILES string of the molecule is OC(c1cncc(Br)c1)c1ccc(F)c(F)c1. The zero-order valence-corrected chi connectivity index (χ0v) is 10.2. The highest BCUT2D eigenvalue weighted by molar-refractivity contribution is 9.10. The largest absolute Gasteiger partial charge is 0.384 e. The lowest BCUT2D eigenvalue weighted by Crippen LogP contribution is -2.01. The maximum absolute atomic E-state index is 13.0. The van der Waals surface area contributed by atoms with Gasteiger partial charge < -0.3 is 5.11 Å². The van der Waals surface area contributed by atoms with E-state index in [1.807, 2.05) is 0 Å². The van der Waals surface area contributed by atoms with E-state index in [0.29, 0.717) is 10.0 Å². The number of pyridine rings is 1. The standard InChI is InChI=1S/C12H8BrF2NO/c13-9-3-8(5-16-6-9)12(17)7-1-2-10(14)11(15)4-7/h1-6,12,17H. The molecule has 0 spiro atoms. The summed E-state index contributed by atoms with van der Waals surface area (Å²) in [6.07, 6.45) is 2.01. The van der Waals surface area contributed by atoms with Gasteiger partial charge in [-0.05, 0) is 39.7 Å². The monoisotopic (exact) mass is 299 g/mol. The van der Waals surface area contributed by atoms with Gasteiger partial charge in [0.25, 0.3) is 0 Å². The molecule has 1 aromatic heterocycles. The first-order valence-electron chi connectivity index (χ1n) is 4.81. The van der Waals surface area contributed by atoms with E-state index in [-0.39, 0.29) is 5.56 Å². The van der Waals surface area contributed by atoms with Gasteiger partial charge in [0.05, 0.1) is 0 Å². The number of aromatic nitrogens is 1. The molecule has 1 aromatic carbocycles. The second-order valence-electron chi connectivity index (χ2n) is 3.51. The molecule has 1 atom stereocenters. The molecule has 1 heterocycles. The average molecular weight is 300 g/mol. The van der Waals surface area contributed by atoms with Gasteiger partial charge in [-0.1, -0.05) is 6.07 Å². The summed E-state index contributed by atoms with van der Waals surface area (Å²) in [5.41, 5.74) is 0.786. The molecule has 2 aromatic rings. The molecular weight excluding hydrogens is 292 g/mol. The smallest absolute Gasteiger partial charge is 0.159 e. The second-order valence-corrected chi connectivity index (χ2v) is 4.43. The van der Waals surface area contributed by atoms with Crippen molar-refractivity contribution in [2.24, 2.45) is 0 Å². The molecule has 0 bridgehead atoms. The van der Waals surface area contributed by atoms with Crippen molar-refractivity contribution in [3.8, 4) is 0 Å². The maximum Gasteiger partial charge on any atom is 0.159 e. The Morgan fingerprint density at radius 1 is 1.06 bits per heavy atom. The highest BCUT2D eigenvalue weighted by Crippen LogP contribution is 2.24. The van der Waals surface area contributed by atoms with Gasteiger partial charge >= 0.3 is 0 Å². The van der Waals surface area contributed by atoms with E-state index in [4.69, 9.17) is 0 Å². The Hall–Kier alpha value is -1.33. The van der Waals surface area contributed by atoms with E-state index >= 15 is 0 Å². The Bertz CT molecular complexity index is 548. The van der Waals surface area contributed by atoms with Gasteiger partial charge in [0, 0.05) is 22.4 Å². The number of benzene rings is 1. The summed E-state index contributed by atoms with van der Waals surface area (Å²) in [5, 5.41) is 9.98. The Morgan fingerprint density at radius 2 is 1.82 bits per heavy atom. The number of halogens is 3. The summed E-state index contributed by atoms with van der Waals surface area (Å²) in [7, 11) is 0. The predicted molar refractivity (Wildman–Crippen MR) is 62.4 cm³/mol. The molecule has 0 aliphatic heterocycles. The number of aliphatic hydroxyl groups is 1. The van der Waals surface area contributed by atoms with Crippen LogP contribution in [0.15, 0.2) is 41.1 Å². The second kappa shape index (κ2) is 4.89. The zero-order chi connectivity index (χ0) is 12.4. The van der Waals surface area contributed by atoms with Crippen LogP contribution >= 0.6 is 15.9 Å². The Labute approximate surface area is 105 Å². The van der Waals surface area contributed by atoms with Crippen LogP contribution in [0.4, 0.5) is 8.78 Å². The van der Waals surface area contributed by atoms with Crippen LogP contribution in [0.2, 0.25) is 0 Å². The lowest BCUT2D eigenvalue weighted by molar-refractivity contribution is 0.219. The Kier molecular flexibility index (Phi) is 3.49. The van der Waals surface area contributed by atoms with E-state index in [9.17, 15) is 13.9 Å². The van der Waals surface area contributed by atoms with Gasteiger partial charge in [0.15, 0.2) is 11.6 Å². The number of hydrogen-bond donors (Lipinski definition) is 1. The summed E-state index contributed by atoms with van der Waals surface area (Å²) in [6, 6.07) is 4.96. The van der Waals surface area contributed by atoms with Crippen molar-refractivity contribution in [2.45, 2.75) is 6.10 Å². The third-order valence-electron chi connectivity index (χ3n) is 2.30. The highest BCUT2D eigenvalue weighted by Gasteiger charge is 2.13. The molecule has 0 aliphatic carbocycles. The minimum atomic E-state index is -1.03. The van der Waals surface area contributed by atoms with Crippen molar-refractivity contribution in [3.63, 3.8) is 0 Å². The van der Waals surface area contributed by atoms with Crippen molar-refractivity contribution in [1.82, 2.24) is 4.98 Å². The van der Waals surface area contributed by atoms with Crippen LogP contribution in [-0.4, -0.2) is 10.1 Å². The Morgan fingerprint density at radius 3 is 2.47 bits per heavy atom. The maximum atomic E-state index is 13.0. The van der Waals surface area contributed by atoms with Gasteiger partial charge in [-0.25, -0.2) is 8.78 Å². The molecule has 1 N–H and O–H groups in total. The number of rotatable bonds is 2. The highest BCUT2D eigenvalue weighted by atomic mass is 79.9. The third kappa shape index (κ3) is 2.68. The van der Waals surface area contributed by atoms with E-state index in [1.54, 1.807) is 12.3 Å². The van der Waals surface area contributed by atoms with Gasteiger partial charge in [-0.2, -0.15) is 0 Å². The minimum Gasteiger partial charge on any atom is -0.384 e. The molecule has 2 rings (SSSR count). The van der Waals surface area contributed by atoms with Crippen molar-refractivity contribution >= 4 is 15.9 Å². The van der Waals surface area contributed by atoms with Crippen LogP contribution in [0.3, 0.4) is 0 Å². The first-order valence-corrected chi connectivity index (χ1v) is 5.60. The first-order chi connectivity index (χ1) is 8.08. The normalized spacial score (nSPS) is 12.5. The van der Waals surface area contributed by atoms with Gasteiger partial charge in [0.1, 0.15) is 6.10 Å². The molecule has 0 radical (unpaired) electrons. The molecule has 0 saturated heterocycles. The van der Waals surface area contributed by atoms with Crippen LogP contribution in [0, 0.1) is 11.6 Å². The zero-order valence-electron chi connectivity index (χ0n) is 8.57. The van der Waals surface area contributed by atoms with E-state index in [1.165, 1.54) is 12.3 Å². The molecule has 2 nitrogen and oxygen atoms in total. The summed E-state index contributed by atoms with van der Waals surface area (Å²) < 4.78 is 26.5. The fraction of sp³-hybridized carbons (Fsp3) is 0.0833. The molecule has 1 unspecified atom stereocenters. The van der Waals surface area contributed by atoms with Crippen molar-refractivity contribution in [2.75, 3.05) is 0 Å². The van der Waals surface area contributed by atoms with Crippen molar-refractivity contribution in [3.05, 3.63) is 63.9 Å². The van der Waals surface area contributed by atoms with E-state index in [2.05, 4.69) is 20.9 Å². The molecule has 17 heavy (non-hydrogen) atoms. The van der Waals surface area contributed by atoms with Gasteiger partial charge in [0.2, 0.25) is 0 Å². The van der Waals surface area contributed by atoms with Crippen LogP contribution < -0.4 is 0 Å². The summed E-state index contributed by atoms with van der Waals surface area (Å²) in [4.78, 5) is 3.90. The lowest BCUT2D eigenvalue weighted by atomic mass is 10.0. The predicted octanol–water partition coefficient (Wildman–Crippen LogP) is 3.20. The van der Waals surface area contributed by atoms with Gasteiger partial charge in [-0.3, -0.25) is 4.98 Å². The van der Waals surface area contributed by atoms with Gasteiger partial charge in [-0.15, -0.1) is 0 Å². The fourth-order valence-electron chi connectivity index (χ4n) is 1.45. The van der Waals surface area contributed by atoms with Crippen LogP contribution in [0.5, 0.6) is 0 Å². The molecule has 5 heteroatoms. The first kappa shape index (κ1) is 12.1. The molecule has 0 aliphatic rings. The topological polar surface area (TPSA) is 33.1 Å². The lowest BCUT2D eigenvalue weighted by Gasteiger charge is -2.11. The van der Waals surface area contributed by atoms with Crippen LogP contribution in [0.25, 0.3) is 0 Å². The third-order valence-corrected chi connectivity index (χ3v) is 2.73. The van der Waals surface area contributed by atoms with Crippen LogP contribution in [0.1, 0.15) is 17.2 Å². The molecule has 0 saturated carbocycles. The van der Waals surface area contributed by atoms with E-state index in [0.717, 1.165) is 12.1 Å². The molecule has 0 amide bonds. The summed E-state index contributed by atoms with van der Waals surface area (Å²) >= 11 is 3.22. The van der Waals surface area contributed by atoms with Crippen molar-refractivity contribution in [1.29, 1.82) is 0 Å². The van der Waals surface area contributed by atoms with Crippen LogP contribution in [-0.2, 0) is 0 Å². The summed E-state index contributed by atoms with van der Waals surface area (Å²) in [5.74, 6) is -1.92. The number of nitrogens with zero attached hydrogens (tertiary/aromatic N) is 1. The van der Waals surface area contributed by atoms with Crippen molar-refractivity contribution < 1.29 is 13.9 Å². The van der Waals surface area contributed by atoms with E-state index < -0.39 is 17.7 Å². The minimum absolute atomic E-state index is 0.281. The average Bonchev–Trinajstić information content (AvgIpc) is 2.32. The number of aliphatic hydroxyl groups excluding tert-OH is 1. The molecular formula is C12H8BrF2NO. The molecule has 0 fully saturated rings.